The summed E-state index contributed by atoms with van der Waals surface area (Å²) < 4.78 is 5.06. The zero-order valence-electron chi connectivity index (χ0n) is 15.4. The second-order valence-corrected chi connectivity index (χ2v) is 6.78. The van der Waals surface area contributed by atoms with Crippen LogP contribution in [0.5, 0.6) is 0 Å². The monoisotopic (exact) mass is 355 g/mol. The zero-order chi connectivity index (χ0) is 18.5. The molecule has 0 radical (unpaired) electrons. The zero-order valence-corrected chi connectivity index (χ0v) is 15.4. The number of hydrogen-bond donors (Lipinski definition) is 0. The van der Waals surface area contributed by atoms with E-state index < -0.39 is 0 Å². The Kier molecular flexibility index (Phi) is 5.83. The Morgan fingerprint density at radius 1 is 1.38 bits per heavy atom. The van der Waals surface area contributed by atoms with E-state index in [1.54, 1.807) is 23.1 Å². The van der Waals surface area contributed by atoms with Gasteiger partial charge in [-0.15, -0.1) is 0 Å². The minimum atomic E-state index is -0.147. The first kappa shape index (κ1) is 18.3. The molecule has 1 saturated heterocycles. The van der Waals surface area contributed by atoms with E-state index in [4.69, 9.17) is 4.74 Å². The first-order valence-corrected chi connectivity index (χ1v) is 8.93. The number of pyridine rings is 1. The Hall–Kier alpha value is -2.47. The van der Waals surface area contributed by atoms with Gasteiger partial charge in [0.25, 0.3) is 0 Å². The minimum Gasteiger partial charge on any atom is -0.383 e. The Morgan fingerprint density at radius 2 is 2.23 bits per heavy atom. The van der Waals surface area contributed by atoms with Crippen molar-refractivity contribution in [1.82, 2.24) is 14.8 Å². The van der Waals surface area contributed by atoms with E-state index >= 15 is 0 Å². The number of aromatic nitrogens is 1. The molecular formula is C20H25N3O3. The number of ether oxygens (including phenoxy) is 1. The highest BCUT2D eigenvalue weighted by atomic mass is 16.5. The first-order chi connectivity index (χ1) is 12.6. The molecule has 1 fully saturated rings. The van der Waals surface area contributed by atoms with Gasteiger partial charge in [-0.1, -0.05) is 18.2 Å². The molecule has 0 bridgehead atoms. The van der Waals surface area contributed by atoms with Crippen LogP contribution >= 0.6 is 0 Å². The third-order valence-electron chi connectivity index (χ3n) is 4.97. The highest BCUT2D eigenvalue weighted by Crippen LogP contribution is 2.22. The molecular weight excluding hydrogens is 330 g/mol. The molecule has 0 spiro atoms. The lowest BCUT2D eigenvalue weighted by Crippen LogP contribution is -2.47. The lowest BCUT2D eigenvalue weighted by Gasteiger charge is -2.33. The average molecular weight is 355 g/mol. The van der Waals surface area contributed by atoms with Crippen molar-refractivity contribution in [1.29, 1.82) is 0 Å². The molecule has 26 heavy (non-hydrogen) atoms. The van der Waals surface area contributed by atoms with Gasteiger partial charge in [0.15, 0.2) is 0 Å². The van der Waals surface area contributed by atoms with Crippen molar-refractivity contribution in [3.8, 4) is 0 Å². The quantitative estimate of drug-likeness (QED) is 0.796. The first-order valence-electron chi connectivity index (χ1n) is 8.93. The van der Waals surface area contributed by atoms with Crippen LogP contribution in [0.2, 0.25) is 0 Å². The molecule has 6 heteroatoms. The van der Waals surface area contributed by atoms with Gasteiger partial charge in [-0.2, -0.15) is 0 Å². The van der Waals surface area contributed by atoms with E-state index in [-0.39, 0.29) is 17.7 Å². The van der Waals surface area contributed by atoms with Crippen molar-refractivity contribution in [2.75, 3.05) is 33.9 Å². The molecule has 138 valence electrons. The summed E-state index contributed by atoms with van der Waals surface area (Å²) in [5.41, 5.74) is 1.10. The van der Waals surface area contributed by atoms with Crippen LogP contribution < -0.4 is 0 Å². The predicted molar refractivity (Wildman–Crippen MR) is 99.4 cm³/mol. The second-order valence-electron chi connectivity index (χ2n) is 6.78. The number of nitrogens with zero attached hydrogens (tertiary/aromatic N) is 3. The number of amides is 2. The van der Waals surface area contributed by atoms with Crippen molar-refractivity contribution >= 4 is 22.6 Å². The molecule has 1 aromatic heterocycles. The van der Waals surface area contributed by atoms with Gasteiger partial charge in [-0.3, -0.25) is 14.6 Å². The normalized spacial score (nSPS) is 17.5. The predicted octanol–water partition coefficient (Wildman–Crippen LogP) is 2.08. The fourth-order valence-corrected chi connectivity index (χ4v) is 3.51. The van der Waals surface area contributed by atoms with E-state index in [0.717, 1.165) is 16.3 Å². The summed E-state index contributed by atoms with van der Waals surface area (Å²) in [4.78, 5) is 32.6. The van der Waals surface area contributed by atoms with E-state index in [1.165, 1.54) is 0 Å². The Morgan fingerprint density at radius 3 is 3.04 bits per heavy atom. The summed E-state index contributed by atoms with van der Waals surface area (Å²) in [6.45, 7) is 2.05. The number of benzene rings is 1. The minimum absolute atomic E-state index is 0.0889. The maximum atomic E-state index is 12.9. The largest absolute Gasteiger partial charge is 0.383 e. The Labute approximate surface area is 153 Å². The number of hydrogen-bond acceptors (Lipinski definition) is 4. The molecule has 2 aromatic rings. The molecule has 1 aliphatic rings. The molecule has 0 saturated carbocycles. The van der Waals surface area contributed by atoms with E-state index in [2.05, 4.69) is 4.98 Å². The van der Waals surface area contributed by atoms with Crippen molar-refractivity contribution in [3.05, 3.63) is 42.2 Å². The van der Waals surface area contributed by atoms with Crippen LogP contribution in [-0.2, 0) is 20.9 Å². The van der Waals surface area contributed by atoms with Crippen molar-refractivity contribution in [2.45, 2.75) is 19.4 Å². The summed E-state index contributed by atoms with van der Waals surface area (Å²) in [5.74, 6) is 0.0486. The van der Waals surface area contributed by atoms with Crippen LogP contribution in [0.4, 0.5) is 0 Å². The van der Waals surface area contributed by atoms with Crippen molar-refractivity contribution in [2.24, 2.45) is 5.92 Å². The number of piperidine rings is 1. The van der Waals surface area contributed by atoms with Crippen molar-refractivity contribution < 1.29 is 14.3 Å². The molecule has 2 heterocycles. The topological polar surface area (TPSA) is 62.7 Å². The van der Waals surface area contributed by atoms with Gasteiger partial charge in [-0.25, -0.2) is 0 Å². The van der Waals surface area contributed by atoms with Crippen LogP contribution in [0.15, 0.2) is 36.7 Å². The fraction of sp³-hybridized carbons (Fsp3) is 0.450. The Balaban J connectivity index is 1.68. The summed E-state index contributed by atoms with van der Waals surface area (Å²) >= 11 is 0. The smallest absolute Gasteiger partial charge is 0.227 e. The Bertz CT molecular complexity index is 787. The second kappa shape index (κ2) is 8.27. The van der Waals surface area contributed by atoms with Gasteiger partial charge < -0.3 is 14.5 Å². The van der Waals surface area contributed by atoms with Crippen LogP contribution in [0.3, 0.4) is 0 Å². The van der Waals surface area contributed by atoms with Gasteiger partial charge in [-0.05, 0) is 23.4 Å². The third-order valence-corrected chi connectivity index (χ3v) is 4.97. The number of rotatable bonds is 6. The number of methoxy groups -OCH3 is 1. The van der Waals surface area contributed by atoms with Gasteiger partial charge >= 0.3 is 0 Å². The molecule has 2 amide bonds. The summed E-state index contributed by atoms with van der Waals surface area (Å²) in [5, 5.41) is 2.18. The van der Waals surface area contributed by atoms with Crippen molar-refractivity contribution in [3.63, 3.8) is 0 Å². The van der Waals surface area contributed by atoms with Gasteiger partial charge in [0.1, 0.15) is 0 Å². The summed E-state index contributed by atoms with van der Waals surface area (Å²) in [6.07, 6.45) is 4.65. The molecule has 0 unspecified atom stereocenters. The number of carbonyl (C=O) groups excluding carboxylic acids is 2. The van der Waals surface area contributed by atoms with Crippen LogP contribution in [0.1, 0.15) is 18.4 Å². The molecule has 1 aliphatic heterocycles. The molecule has 3 rings (SSSR count). The average Bonchev–Trinajstić information content (AvgIpc) is 2.67. The highest BCUT2D eigenvalue weighted by Gasteiger charge is 2.31. The van der Waals surface area contributed by atoms with Crippen LogP contribution in [-0.4, -0.2) is 60.5 Å². The van der Waals surface area contributed by atoms with E-state index in [9.17, 15) is 9.59 Å². The number of likely N-dealkylation sites (tertiary alicyclic amines) is 1. The molecule has 0 aliphatic carbocycles. The number of carbonyl (C=O) groups is 2. The van der Waals surface area contributed by atoms with Gasteiger partial charge in [0, 0.05) is 58.0 Å². The maximum Gasteiger partial charge on any atom is 0.227 e. The molecule has 1 aromatic carbocycles. The molecule has 0 N–H and O–H groups in total. The van der Waals surface area contributed by atoms with E-state index in [1.807, 2.05) is 37.5 Å². The number of fused-ring (bicyclic) bond motifs is 1. The van der Waals surface area contributed by atoms with Gasteiger partial charge in [0.05, 0.1) is 12.5 Å². The third kappa shape index (κ3) is 4.02. The SMILES string of the molecule is COCCN1C[C@H](C(=O)N(C)Cc2cccc3cnccc23)CCC1=O. The lowest BCUT2D eigenvalue weighted by molar-refractivity contribution is -0.143. The van der Waals surface area contributed by atoms with E-state index in [0.29, 0.717) is 39.1 Å². The van der Waals surface area contributed by atoms with Crippen LogP contribution in [0.25, 0.3) is 10.8 Å². The molecule has 6 nitrogen and oxygen atoms in total. The van der Waals surface area contributed by atoms with Crippen LogP contribution in [0, 0.1) is 5.92 Å². The summed E-state index contributed by atoms with van der Waals surface area (Å²) in [7, 11) is 3.45. The van der Waals surface area contributed by atoms with Gasteiger partial charge in [0.2, 0.25) is 11.8 Å². The highest BCUT2D eigenvalue weighted by molar-refractivity contribution is 5.86. The molecule has 1 atom stereocenters. The standard InChI is InChI=1S/C20H25N3O3/c1-22(13-16-5-3-4-15-12-21-9-8-18(15)16)20(25)17-6-7-19(24)23(14-17)10-11-26-2/h3-5,8-9,12,17H,6-7,10-11,13-14H2,1-2H3/t17-/m1/s1. The lowest BCUT2D eigenvalue weighted by atomic mass is 9.95. The summed E-state index contributed by atoms with van der Waals surface area (Å²) in [6, 6.07) is 8.04. The fourth-order valence-electron chi connectivity index (χ4n) is 3.51. The maximum absolute atomic E-state index is 12.9.